The van der Waals surface area contributed by atoms with Crippen molar-refractivity contribution in [3.63, 3.8) is 0 Å². The van der Waals surface area contributed by atoms with Gasteiger partial charge in [0.25, 0.3) is 0 Å². The Labute approximate surface area is 130 Å². The van der Waals surface area contributed by atoms with E-state index in [1.807, 2.05) is 0 Å². The number of hydrogen-bond donors (Lipinski definition) is 0. The molecule has 10 heteroatoms. The van der Waals surface area contributed by atoms with Gasteiger partial charge in [-0.15, -0.1) is 24.8 Å². The van der Waals surface area contributed by atoms with Crippen molar-refractivity contribution < 1.29 is 32.9 Å². The van der Waals surface area contributed by atoms with Crippen LogP contribution in [-0.2, 0) is 0 Å². The van der Waals surface area contributed by atoms with E-state index in [1.54, 1.807) is 0 Å². The fraction of sp³-hybridized carbons (Fsp3) is 0. The van der Waals surface area contributed by atoms with Gasteiger partial charge in [0.05, 0.1) is 0 Å². The normalized spacial score (nSPS) is 0. The predicted molar refractivity (Wildman–Crippen MR) is 51.9 cm³/mol. The van der Waals surface area contributed by atoms with Crippen molar-refractivity contribution in [1.82, 2.24) is 0 Å². The van der Waals surface area contributed by atoms with Crippen molar-refractivity contribution in [2.45, 2.75) is 0 Å². The summed E-state index contributed by atoms with van der Waals surface area (Å²) in [5, 5.41) is 0. The van der Waals surface area contributed by atoms with Gasteiger partial charge in [-0.05, 0) is 0 Å². The summed E-state index contributed by atoms with van der Waals surface area (Å²) < 4.78 is 0. The molecule has 70 valence electrons. The molecular formula is H17Cl2KMgO6. The molecule has 0 atom stereocenters. The van der Waals surface area contributed by atoms with Gasteiger partial charge < -0.3 is 32.9 Å². The zero-order chi connectivity index (χ0) is 0. The first-order valence-electron chi connectivity index (χ1n) is 0. The fourth-order valence-corrected chi connectivity index (χ4v) is 0. The van der Waals surface area contributed by atoms with Crippen LogP contribution in [0, 0.1) is 0 Å². The maximum atomic E-state index is 0. The van der Waals surface area contributed by atoms with Crippen LogP contribution in [0.25, 0.3) is 0 Å². The van der Waals surface area contributed by atoms with Gasteiger partial charge in [0.15, 0.2) is 0 Å². The van der Waals surface area contributed by atoms with Crippen molar-refractivity contribution in [2.75, 3.05) is 0 Å². The molecule has 0 aromatic carbocycles. The third kappa shape index (κ3) is 136. The third-order valence-corrected chi connectivity index (χ3v) is 0. The van der Waals surface area contributed by atoms with Crippen LogP contribution in [0.1, 0.15) is 0 Å². The molecule has 6 nitrogen and oxygen atoms in total. The molecule has 10 heavy (non-hydrogen) atoms. The molecule has 0 aliphatic carbocycles. The summed E-state index contributed by atoms with van der Waals surface area (Å²) in [5.41, 5.74) is 0. The molecule has 0 aromatic heterocycles. The van der Waals surface area contributed by atoms with Gasteiger partial charge in [-0.25, -0.2) is 0 Å². The van der Waals surface area contributed by atoms with Crippen LogP contribution in [0.4, 0.5) is 0 Å². The van der Waals surface area contributed by atoms with Gasteiger partial charge >= 0.3 is 74.4 Å². The molecule has 0 aliphatic heterocycles. The van der Waals surface area contributed by atoms with E-state index >= 15 is 0 Å². The summed E-state index contributed by atoms with van der Waals surface area (Å²) in [6, 6.07) is 0. The van der Waals surface area contributed by atoms with Crippen LogP contribution in [0.3, 0.4) is 0 Å². The van der Waals surface area contributed by atoms with E-state index in [0.29, 0.717) is 0 Å². The zero-order valence-electron chi connectivity index (χ0n) is 3.82. The Bertz CT molecular complexity index is 15.7. The van der Waals surface area contributed by atoms with Crippen LogP contribution < -0.4 is 0 Å². The molecule has 0 spiro atoms. The molecule has 0 aliphatic rings. The van der Waals surface area contributed by atoms with Crippen molar-refractivity contribution in [3.8, 4) is 0 Å². The van der Waals surface area contributed by atoms with Gasteiger partial charge in [-0.2, -0.15) is 0 Å². The van der Waals surface area contributed by atoms with E-state index < -0.39 is 0 Å². The first-order chi connectivity index (χ1) is 0. The SMILES string of the molecule is Cl.Cl.O.O.O.O.O.O.[KH].[MgH2]. The fourth-order valence-electron chi connectivity index (χ4n) is 0. The van der Waals surface area contributed by atoms with Crippen LogP contribution in [0.2, 0.25) is 0 Å². The molecule has 12 N–H and O–H groups in total. The van der Waals surface area contributed by atoms with Crippen LogP contribution in [0.5, 0.6) is 0 Å². The van der Waals surface area contributed by atoms with Gasteiger partial charge in [0.1, 0.15) is 0 Å². The molecule has 0 saturated heterocycles. The van der Waals surface area contributed by atoms with E-state index in [-0.39, 0.29) is 132 Å². The van der Waals surface area contributed by atoms with E-state index in [4.69, 9.17) is 0 Å². The molecule has 0 rings (SSSR count). The maximum Gasteiger partial charge on any atom is 0.316 e. The molecule has 0 radical (unpaired) electrons. The standard InChI is InChI=1S/2ClH.K.Mg.6H2O.3H/h2*1H;;;6*1H2;;;. The summed E-state index contributed by atoms with van der Waals surface area (Å²) >= 11 is 0. The van der Waals surface area contributed by atoms with E-state index in [2.05, 4.69) is 0 Å². The number of rotatable bonds is 0. The largest absolute Gasteiger partial charge is 0.316 e. The van der Waals surface area contributed by atoms with Gasteiger partial charge in [0, 0.05) is 0 Å². The summed E-state index contributed by atoms with van der Waals surface area (Å²) in [7, 11) is 0. The minimum atomic E-state index is 0. The Hall–Kier alpha value is 2.74. The first kappa shape index (κ1) is 234. The minimum Gasteiger partial charge on any atom is 0.316 e. The molecule has 0 fully saturated rings. The Morgan fingerprint density at radius 2 is 0.400 bits per heavy atom. The Balaban J connectivity index is 0. The third-order valence-electron chi connectivity index (χ3n) is 0. The molecule has 0 bridgehead atoms. The smallest absolute Gasteiger partial charge is 0.316 e. The second-order valence-corrected chi connectivity index (χ2v) is 0. The summed E-state index contributed by atoms with van der Waals surface area (Å²) in [5.74, 6) is 0. The average molecular weight is 247 g/mol. The van der Waals surface area contributed by atoms with E-state index in [9.17, 15) is 0 Å². The van der Waals surface area contributed by atoms with Crippen molar-refractivity contribution in [2.24, 2.45) is 0 Å². The van der Waals surface area contributed by atoms with Crippen LogP contribution >= 0.6 is 24.8 Å². The Morgan fingerprint density at radius 3 is 0.400 bits per heavy atom. The van der Waals surface area contributed by atoms with Crippen molar-refractivity contribution >= 4 is 99.3 Å². The van der Waals surface area contributed by atoms with Crippen molar-refractivity contribution in [3.05, 3.63) is 0 Å². The molecule has 0 unspecified atom stereocenters. The molecule has 0 heterocycles. The number of halogens is 2. The van der Waals surface area contributed by atoms with Crippen LogP contribution in [0.15, 0.2) is 0 Å². The molecular weight excluding hydrogens is 230 g/mol. The molecule has 0 amide bonds. The van der Waals surface area contributed by atoms with Gasteiger partial charge in [-0.1, -0.05) is 0 Å². The monoisotopic (exact) mass is 246 g/mol. The second kappa shape index (κ2) is 180. The maximum absolute atomic E-state index is 0. The average Bonchev–Trinajstić information content (AvgIpc) is 0. The van der Waals surface area contributed by atoms with Gasteiger partial charge in [-0.3, -0.25) is 0 Å². The Kier molecular flexibility index (Phi) is 4210. The quantitative estimate of drug-likeness (QED) is 0.369. The summed E-state index contributed by atoms with van der Waals surface area (Å²) in [6.45, 7) is 0. The Morgan fingerprint density at radius 1 is 0.400 bits per heavy atom. The second-order valence-electron chi connectivity index (χ2n) is 0. The summed E-state index contributed by atoms with van der Waals surface area (Å²) in [6.07, 6.45) is 0. The molecule has 0 aromatic rings. The topological polar surface area (TPSA) is 189 Å². The van der Waals surface area contributed by atoms with Crippen molar-refractivity contribution in [1.29, 1.82) is 0 Å². The van der Waals surface area contributed by atoms with Crippen LogP contribution in [-0.4, -0.2) is 107 Å². The van der Waals surface area contributed by atoms with Gasteiger partial charge in [0.2, 0.25) is 0 Å². The van der Waals surface area contributed by atoms with E-state index in [1.165, 1.54) is 0 Å². The first-order valence-corrected chi connectivity index (χ1v) is 0. The predicted octanol–water partition coefficient (Wildman–Crippen LogP) is -5.67. The zero-order valence-corrected chi connectivity index (χ0v) is 5.45. The summed E-state index contributed by atoms with van der Waals surface area (Å²) in [4.78, 5) is 0. The minimum absolute atomic E-state index is 0. The molecule has 0 saturated carbocycles. The van der Waals surface area contributed by atoms with E-state index in [0.717, 1.165) is 0 Å². The number of hydrogen-bond acceptors (Lipinski definition) is 0.